The van der Waals surface area contributed by atoms with Crippen molar-refractivity contribution >= 4 is 92.0 Å². The minimum Gasteiger partial charge on any atom is -0.493 e. The zero-order chi connectivity index (χ0) is 83.4. The molecule has 1 saturated heterocycles. The lowest BCUT2D eigenvalue weighted by molar-refractivity contribution is -0.346. The van der Waals surface area contributed by atoms with Gasteiger partial charge in [-0.05, 0) is 151 Å². The van der Waals surface area contributed by atoms with Crippen molar-refractivity contribution in [1.29, 1.82) is 0 Å². The maximum absolute atomic E-state index is 17.1. The SMILES string of the molecule is CC(=O)O[C@@]12CO[C@@H]1C[C@H](OC(=O)CCCOc1ccc3c(-c4ccccc4C(=O)OCC(C)C)c4ccc(=O)cc-4oc3c1)[C@@]1(C)C(=O)[C@H](OC(=O)C3CC3)C3=C(C)[C@@H](OC(=O)[C@H](OC(=O)Cc4ccccc4SSC(C)CCC(=O)C(C)C)[C@H](C=C(C)C)NC(=O)OC(C)(C)C)C[C@@](O)([C@@H](OC(=O)c4ccccc4)[C@H]21)C3(C)C. The first-order valence-electron chi connectivity index (χ1n) is 39.2. The van der Waals surface area contributed by atoms with Gasteiger partial charge < -0.3 is 62.2 Å². The summed E-state index contributed by atoms with van der Waals surface area (Å²) in [6.45, 7) is 24.8. The van der Waals surface area contributed by atoms with Crippen molar-refractivity contribution in [3.8, 4) is 28.2 Å². The lowest BCUT2D eigenvalue weighted by Crippen LogP contribution is -2.82. The highest BCUT2D eigenvalue weighted by molar-refractivity contribution is 8.77. The zero-order valence-corrected chi connectivity index (χ0v) is 69.3. The molecule has 2 bridgehead atoms. The van der Waals surface area contributed by atoms with Gasteiger partial charge in [0.05, 0.1) is 60.7 Å². The van der Waals surface area contributed by atoms with Gasteiger partial charge in [0.1, 0.15) is 58.5 Å². The average Bonchev–Trinajstić information content (AvgIpc) is 1.64. The summed E-state index contributed by atoms with van der Waals surface area (Å²) in [4.78, 5) is 160. The van der Waals surface area contributed by atoms with Crippen molar-refractivity contribution in [2.24, 2.45) is 34.5 Å². The number of amides is 1. The minimum absolute atomic E-state index is 0.0158. The molecule has 0 spiro atoms. The monoisotopic (exact) mass is 1620 g/mol. The molecule has 12 atom stereocenters. The highest BCUT2D eigenvalue weighted by Gasteiger charge is 2.79. The zero-order valence-electron chi connectivity index (χ0n) is 67.7. The predicted octanol–water partition coefficient (Wildman–Crippen LogP) is 14.8. The van der Waals surface area contributed by atoms with E-state index in [1.54, 1.807) is 127 Å². The summed E-state index contributed by atoms with van der Waals surface area (Å²) in [5.74, 6) is -8.93. The molecule has 2 heterocycles. The van der Waals surface area contributed by atoms with Crippen molar-refractivity contribution in [2.45, 2.75) is 231 Å². The highest BCUT2D eigenvalue weighted by Crippen LogP contribution is 2.65. The van der Waals surface area contributed by atoms with Crippen LogP contribution in [0.3, 0.4) is 0 Å². The summed E-state index contributed by atoms with van der Waals surface area (Å²) in [6, 6.07) is 29.8. The van der Waals surface area contributed by atoms with Crippen LogP contribution in [0.2, 0.25) is 0 Å². The van der Waals surface area contributed by atoms with E-state index in [-0.39, 0.29) is 89.7 Å². The van der Waals surface area contributed by atoms with E-state index >= 15 is 14.4 Å². The number of allylic oxidation sites excluding steroid dienone is 1. The van der Waals surface area contributed by atoms with E-state index in [1.165, 1.54) is 65.8 Å². The number of carbonyl (C=O) groups is 10. The highest BCUT2D eigenvalue weighted by atomic mass is 33.1. The third-order valence-corrected chi connectivity index (χ3v) is 25.1. The number of benzene rings is 5. The Bertz CT molecular complexity index is 4800. The molecule has 7 aliphatic rings. The van der Waals surface area contributed by atoms with Gasteiger partial charge in [-0.1, -0.05) is 136 Å². The van der Waals surface area contributed by atoms with Gasteiger partial charge in [0.15, 0.2) is 22.9 Å². The molecule has 24 nitrogen and oxygen atoms in total. The first kappa shape index (κ1) is 86.2. The van der Waals surface area contributed by atoms with Crippen LogP contribution >= 0.6 is 21.6 Å². The van der Waals surface area contributed by atoms with Gasteiger partial charge in [-0.3, -0.25) is 33.6 Å². The maximum atomic E-state index is 17.1. The molecule has 2 aliphatic heterocycles. The second-order valence-electron chi connectivity index (χ2n) is 33.3. The van der Waals surface area contributed by atoms with Crippen molar-refractivity contribution in [3.05, 3.63) is 165 Å². The number of carbonyl (C=O) groups excluding carboxylic acids is 10. The third kappa shape index (κ3) is 19.1. The number of aliphatic hydroxyl groups is 1. The number of hydrogen-bond donors (Lipinski definition) is 2. The normalized spacial score (nSPS) is 23.6. The number of alkyl carbamates (subject to hydrolysis) is 1. The van der Waals surface area contributed by atoms with Crippen molar-refractivity contribution in [2.75, 3.05) is 19.8 Å². The molecule has 4 fully saturated rings. The Morgan fingerprint density at radius 1 is 0.774 bits per heavy atom. The van der Waals surface area contributed by atoms with Gasteiger partial charge in [-0.2, -0.15) is 0 Å². The smallest absolute Gasteiger partial charge is 0.408 e. The fraction of sp³-hybridized carbons (Fsp3) is 0.494. The van der Waals surface area contributed by atoms with Gasteiger partial charge in [0.25, 0.3) is 0 Å². The standard InChI is InChI=1S/C89H103NO23S2/c1-48(2)40-63(90-84(101)113-85(10,11)12)75(109-72(95)41-56-26-19-22-29-68(56)115-114-51(7)31-38-64(93)50(5)6)83(100)107-67-45-89(102)79(111-81(98)54-24-17-16-18-25-54)77-87(15,78(96)76(110-80(97)55-32-33-55)74(52(67)8)86(89,13)14)69(44-70-88(77,47-105-70)112-53(9)91)108-71(94)30-23-39-103-58-35-37-62-66(43-58)106-65-42-57(92)34-36-61(65)73(62)59-27-20-21-28-60(59)82(99)104-46-49(3)4/h16-22,24-29,34-37,40,42-43,49-51,55,63,67,69-70,75-77,79,102H,23,30-33,38-39,41,44-47H2,1-15H3,(H,90,101)/t51?,63-,67-,69-,70+,75+,76+,77-,79-,87+,88-,89+/m0/s1. The third-order valence-electron chi connectivity index (χ3n) is 22.0. The molecule has 3 saturated carbocycles. The van der Waals surface area contributed by atoms with Gasteiger partial charge in [0.2, 0.25) is 6.10 Å². The maximum Gasteiger partial charge on any atom is 0.408 e. The number of ketones is 2. The van der Waals surface area contributed by atoms with Crippen LogP contribution in [-0.2, 0) is 82.6 Å². The Kier molecular flexibility index (Phi) is 26.6. The molecule has 2 N–H and O–H groups in total. The number of nitrogens with one attached hydrogen (secondary N) is 1. The first-order valence-corrected chi connectivity index (χ1v) is 41.4. The minimum atomic E-state index is -2.62. The van der Waals surface area contributed by atoms with E-state index in [4.69, 9.17) is 51.8 Å². The van der Waals surface area contributed by atoms with E-state index in [1.807, 2.05) is 46.8 Å². The van der Waals surface area contributed by atoms with Crippen LogP contribution in [0, 0.1) is 34.5 Å². The number of Topliss-reactive ketones (excluding diaryl/α,β-unsaturated/α-hetero) is 2. The number of esters is 7. The van der Waals surface area contributed by atoms with E-state index in [0.29, 0.717) is 80.7 Å². The lowest BCUT2D eigenvalue weighted by atomic mass is 9.44. The van der Waals surface area contributed by atoms with Gasteiger partial charge in [-0.25, -0.2) is 19.2 Å². The van der Waals surface area contributed by atoms with Crippen molar-refractivity contribution in [1.82, 2.24) is 5.32 Å². The van der Waals surface area contributed by atoms with Crippen LogP contribution in [-0.4, -0.2) is 149 Å². The van der Waals surface area contributed by atoms with Gasteiger partial charge in [-0.15, -0.1) is 0 Å². The molecule has 5 aliphatic carbocycles. The second-order valence-corrected chi connectivity index (χ2v) is 36.0. The Labute approximate surface area is 677 Å². The Balaban J connectivity index is 0.953. The van der Waals surface area contributed by atoms with E-state index in [0.717, 1.165) is 6.92 Å². The number of hydrogen-bond acceptors (Lipinski definition) is 25. The van der Waals surface area contributed by atoms with Crippen LogP contribution in [0.1, 0.15) is 182 Å². The fourth-order valence-electron chi connectivity index (χ4n) is 16.0. The molecule has 4 aromatic rings. The fourth-order valence-corrected chi connectivity index (χ4v) is 18.4. The van der Waals surface area contributed by atoms with Crippen LogP contribution in [0.4, 0.5) is 4.79 Å². The van der Waals surface area contributed by atoms with Gasteiger partial charge in [0, 0.05) is 82.7 Å². The predicted molar refractivity (Wildman–Crippen MR) is 429 cm³/mol. The first-order chi connectivity index (χ1) is 54.3. The second kappa shape index (κ2) is 35.4. The molecule has 0 radical (unpaired) electrons. The Morgan fingerprint density at radius 3 is 2.15 bits per heavy atom. The van der Waals surface area contributed by atoms with Crippen molar-refractivity contribution in [3.63, 3.8) is 0 Å². The molecular weight excluding hydrogens is 1520 g/mol. The van der Waals surface area contributed by atoms with E-state index in [2.05, 4.69) is 5.32 Å². The van der Waals surface area contributed by atoms with Crippen LogP contribution in [0.5, 0.6) is 5.75 Å². The Hall–Kier alpha value is -9.63. The molecule has 115 heavy (non-hydrogen) atoms. The quantitative estimate of drug-likeness (QED) is 0.0106. The summed E-state index contributed by atoms with van der Waals surface area (Å²) in [6.07, 6.45) is -9.99. The molecule has 0 aromatic heterocycles. The summed E-state index contributed by atoms with van der Waals surface area (Å²) >= 11 is 0. The summed E-state index contributed by atoms with van der Waals surface area (Å²) < 4.78 is 69.5. The van der Waals surface area contributed by atoms with Crippen LogP contribution in [0.25, 0.3) is 33.4 Å². The molecule has 1 amide bonds. The molecule has 1 unspecified atom stereocenters. The Morgan fingerprint density at radius 2 is 1.48 bits per heavy atom. The molecule has 26 heteroatoms. The van der Waals surface area contributed by atoms with E-state index < -0.39 is 149 Å². The molecule has 614 valence electrons. The summed E-state index contributed by atoms with van der Waals surface area (Å²) in [7, 11) is 2.93. The molecule has 11 rings (SSSR count). The lowest BCUT2D eigenvalue weighted by Gasteiger charge is -2.67. The summed E-state index contributed by atoms with van der Waals surface area (Å²) in [5, 5.41) is 18.1. The largest absolute Gasteiger partial charge is 0.493 e. The van der Waals surface area contributed by atoms with E-state index in [9.17, 15) is 43.5 Å². The van der Waals surface area contributed by atoms with Crippen LogP contribution < -0.4 is 15.5 Å². The summed E-state index contributed by atoms with van der Waals surface area (Å²) in [5.41, 5.74) is -6.75. The molecular formula is C89H103NO23S2. The molecule has 4 aromatic carbocycles. The topological polar surface area (TPSA) is 325 Å². The number of rotatable bonds is 30. The van der Waals surface area contributed by atoms with Gasteiger partial charge >= 0.3 is 47.9 Å². The van der Waals surface area contributed by atoms with Crippen molar-refractivity contribution < 1.29 is 105 Å². The average molecular weight is 1620 g/mol. The number of ether oxygens (including phenoxy) is 10. The van der Waals surface area contributed by atoms with Crippen LogP contribution in [0.15, 0.2) is 152 Å². The number of fused-ring (bicyclic) bond motifs is 7.